The highest BCUT2D eigenvalue weighted by molar-refractivity contribution is 7.47. The number of phosphoric ester groups is 1. The van der Waals surface area contributed by atoms with Crippen molar-refractivity contribution in [1.29, 1.82) is 0 Å². The molecular weight excluding hydrogens is 735 g/mol. The van der Waals surface area contributed by atoms with E-state index in [1.165, 1.54) is 89.9 Å². The van der Waals surface area contributed by atoms with Crippen LogP contribution in [0.4, 0.5) is 0 Å². The molecule has 4 atom stereocenters. The first kappa shape index (κ1) is 55.2. The summed E-state index contributed by atoms with van der Waals surface area (Å²) >= 11 is 0. The second-order valence-electron chi connectivity index (χ2n) is 15.4. The lowest BCUT2D eigenvalue weighted by Crippen LogP contribution is -2.46. The topological polar surface area (TPSA) is 151 Å². The number of aliphatic hydroxyl groups excluding tert-OH is 2. The Morgan fingerprint density at radius 1 is 0.614 bits per heavy atom. The molecule has 0 aliphatic rings. The van der Waals surface area contributed by atoms with Crippen molar-refractivity contribution in [2.24, 2.45) is 5.73 Å². The second-order valence-corrected chi connectivity index (χ2v) is 16.9. The van der Waals surface area contributed by atoms with Crippen molar-refractivity contribution >= 4 is 13.7 Å². The Bertz CT molecular complexity index is 1090. The third-order valence-corrected chi connectivity index (χ3v) is 10.8. The Morgan fingerprint density at radius 2 is 1.05 bits per heavy atom. The minimum Gasteiger partial charge on any atom is -0.393 e. The van der Waals surface area contributed by atoms with Crippen LogP contribution in [0.3, 0.4) is 0 Å². The van der Waals surface area contributed by atoms with E-state index in [0.29, 0.717) is 12.8 Å². The standard InChI is InChI=1S/C47H87N2O7P/c1-3-5-7-9-11-13-15-17-19-20-21-22-23-25-27-29-31-33-35-37-39-46(51)45(43-56-57(53,54)55-41-40-48)49-47(52)42-44(50)38-36-34-32-30-28-26-24-18-16-14-12-10-8-6-4-2/h12,14,18,22-24,29,31,37,39,44-46,50-51H,3-11,13,15-17,19-21,25-28,30,32-36,38,40-43,48H2,1-2H3,(H,49,52)(H,53,54)/b14-12-,23-22+,24-18-,31-29+,39-37+. The van der Waals surface area contributed by atoms with Crippen LogP contribution in [0.5, 0.6) is 0 Å². The molecule has 0 fully saturated rings. The Hall–Kier alpha value is -1.84. The van der Waals surface area contributed by atoms with Gasteiger partial charge in [-0.2, -0.15) is 0 Å². The first-order valence-electron chi connectivity index (χ1n) is 23.0. The molecule has 0 rings (SSSR count). The van der Waals surface area contributed by atoms with Crippen LogP contribution < -0.4 is 11.1 Å². The predicted molar refractivity (Wildman–Crippen MR) is 241 cm³/mol. The lowest BCUT2D eigenvalue weighted by Gasteiger charge is -2.24. The molecule has 9 nitrogen and oxygen atoms in total. The number of rotatable bonds is 42. The molecular formula is C47H87N2O7P. The monoisotopic (exact) mass is 823 g/mol. The Balaban J connectivity index is 4.40. The fourth-order valence-electron chi connectivity index (χ4n) is 6.35. The summed E-state index contributed by atoms with van der Waals surface area (Å²) in [6, 6.07) is -1.01. The number of carbonyl (C=O) groups excluding carboxylic acids is 1. The number of carbonyl (C=O) groups is 1. The lowest BCUT2D eigenvalue weighted by molar-refractivity contribution is -0.124. The summed E-state index contributed by atoms with van der Waals surface area (Å²) in [6.07, 6.45) is 50.2. The molecule has 0 saturated carbocycles. The van der Waals surface area contributed by atoms with Crippen molar-refractivity contribution in [3.8, 4) is 0 Å². The zero-order chi connectivity index (χ0) is 41.9. The highest BCUT2D eigenvalue weighted by atomic mass is 31.2. The number of allylic oxidation sites excluding steroid dienone is 9. The molecule has 0 heterocycles. The van der Waals surface area contributed by atoms with Gasteiger partial charge in [0.1, 0.15) is 0 Å². The van der Waals surface area contributed by atoms with Crippen molar-refractivity contribution < 1.29 is 33.5 Å². The molecule has 0 aromatic rings. The Morgan fingerprint density at radius 3 is 1.60 bits per heavy atom. The van der Waals surface area contributed by atoms with E-state index in [0.717, 1.165) is 70.6 Å². The second kappa shape index (κ2) is 42.3. The fraction of sp³-hybridized carbons (Fsp3) is 0.766. The molecule has 57 heavy (non-hydrogen) atoms. The molecule has 4 unspecified atom stereocenters. The lowest BCUT2D eigenvalue weighted by atomic mass is 10.0. The van der Waals surface area contributed by atoms with Crippen LogP contribution in [0, 0.1) is 0 Å². The van der Waals surface area contributed by atoms with Crippen molar-refractivity contribution in [1.82, 2.24) is 5.32 Å². The number of nitrogens with one attached hydrogen (secondary N) is 1. The molecule has 0 aliphatic heterocycles. The van der Waals surface area contributed by atoms with Gasteiger partial charge in [-0.05, 0) is 77.0 Å². The molecule has 0 radical (unpaired) electrons. The van der Waals surface area contributed by atoms with Crippen LogP contribution >= 0.6 is 7.82 Å². The third-order valence-electron chi connectivity index (χ3n) is 9.85. The highest BCUT2D eigenvalue weighted by Crippen LogP contribution is 2.43. The summed E-state index contributed by atoms with van der Waals surface area (Å²) in [4.78, 5) is 22.8. The number of aliphatic hydroxyl groups is 2. The molecule has 0 aromatic heterocycles. The number of hydrogen-bond acceptors (Lipinski definition) is 7. The molecule has 0 bridgehead atoms. The van der Waals surface area contributed by atoms with Crippen LogP contribution in [0.2, 0.25) is 0 Å². The first-order chi connectivity index (χ1) is 27.8. The normalized spacial score (nSPS) is 15.1. The van der Waals surface area contributed by atoms with E-state index in [-0.39, 0.29) is 19.6 Å². The number of hydrogen-bond donors (Lipinski definition) is 5. The quantitative estimate of drug-likeness (QED) is 0.0232. The number of amides is 1. The maximum atomic E-state index is 12.8. The molecule has 0 aliphatic carbocycles. The average molecular weight is 823 g/mol. The molecule has 332 valence electrons. The van der Waals surface area contributed by atoms with Crippen LogP contribution in [0.15, 0.2) is 60.8 Å². The predicted octanol–water partition coefficient (Wildman–Crippen LogP) is 12.0. The van der Waals surface area contributed by atoms with Gasteiger partial charge < -0.3 is 26.2 Å². The number of unbranched alkanes of at least 4 members (excludes halogenated alkanes) is 20. The van der Waals surface area contributed by atoms with Gasteiger partial charge >= 0.3 is 7.82 Å². The van der Waals surface area contributed by atoms with Gasteiger partial charge in [0.15, 0.2) is 0 Å². The van der Waals surface area contributed by atoms with E-state index >= 15 is 0 Å². The SMILES string of the molecule is CCCCC/C=C\C/C=C\CCCCCCCC(O)CC(=O)NC(COP(=O)(O)OCCN)C(O)/C=C/CC/C=C/CC/C=C/CCCCCCCCCCCC. The van der Waals surface area contributed by atoms with E-state index in [1.54, 1.807) is 6.08 Å². The molecule has 0 aromatic carbocycles. The average Bonchev–Trinajstić information content (AvgIpc) is 3.19. The first-order valence-corrected chi connectivity index (χ1v) is 24.5. The van der Waals surface area contributed by atoms with Crippen LogP contribution in [-0.2, 0) is 18.4 Å². The van der Waals surface area contributed by atoms with E-state index in [1.807, 2.05) is 6.08 Å². The van der Waals surface area contributed by atoms with E-state index in [4.69, 9.17) is 14.8 Å². The minimum atomic E-state index is -4.42. The smallest absolute Gasteiger partial charge is 0.393 e. The van der Waals surface area contributed by atoms with Gasteiger partial charge in [-0.3, -0.25) is 13.8 Å². The van der Waals surface area contributed by atoms with Crippen molar-refractivity contribution in [3.05, 3.63) is 60.8 Å². The zero-order valence-electron chi connectivity index (χ0n) is 36.4. The molecule has 1 amide bonds. The van der Waals surface area contributed by atoms with Crippen molar-refractivity contribution in [3.63, 3.8) is 0 Å². The van der Waals surface area contributed by atoms with E-state index in [9.17, 15) is 24.5 Å². The van der Waals surface area contributed by atoms with Crippen molar-refractivity contribution in [2.45, 2.75) is 212 Å². The summed E-state index contributed by atoms with van der Waals surface area (Å²) in [5.74, 6) is -0.470. The summed E-state index contributed by atoms with van der Waals surface area (Å²) in [7, 11) is -4.42. The highest BCUT2D eigenvalue weighted by Gasteiger charge is 2.27. The Kier molecular flexibility index (Phi) is 40.9. The summed E-state index contributed by atoms with van der Waals surface area (Å²) < 4.78 is 22.1. The number of phosphoric acid groups is 1. The van der Waals surface area contributed by atoms with Gasteiger partial charge in [-0.25, -0.2) is 4.57 Å². The van der Waals surface area contributed by atoms with Gasteiger partial charge in [0.05, 0.1) is 37.9 Å². The fourth-order valence-corrected chi connectivity index (χ4v) is 7.11. The minimum absolute atomic E-state index is 0.0383. The zero-order valence-corrected chi connectivity index (χ0v) is 37.3. The maximum absolute atomic E-state index is 12.8. The van der Waals surface area contributed by atoms with E-state index in [2.05, 4.69) is 67.8 Å². The van der Waals surface area contributed by atoms with Gasteiger partial charge in [0.25, 0.3) is 0 Å². The molecule has 6 N–H and O–H groups in total. The van der Waals surface area contributed by atoms with Gasteiger partial charge in [-0.1, -0.05) is 171 Å². The Labute approximate surface area is 349 Å². The maximum Gasteiger partial charge on any atom is 0.472 e. The number of nitrogens with two attached hydrogens (primary N) is 1. The van der Waals surface area contributed by atoms with E-state index < -0.39 is 38.6 Å². The van der Waals surface area contributed by atoms with Crippen LogP contribution in [0.1, 0.15) is 194 Å². The van der Waals surface area contributed by atoms with Crippen LogP contribution in [-0.4, -0.2) is 59.0 Å². The molecule has 10 heteroatoms. The summed E-state index contributed by atoms with van der Waals surface area (Å²) in [5, 5.41) is 24.0. The molecule has 0 spiro atoms. The molecule has 0 saturated heterocycles. The van der Waals surface area contributed by atoms with Gasteiger partial charge in [0.2, 0.25) is 5.91 Å². The van der Waals surface area contributed by atoms with Crippen molar-refractivity contribution in [2.75, 3.05) is 19.8 Å². The van der Waals surface area contributed by atoms with Gasteiger partial charge in [0, 0.05) is 6.54 Å². The largest absolute Gasteiger partial charge is 0.472 e. The van der Waals surface area contributed by atoms with Gasteiger partial charge in [-0.15, -0.1) is 0 Å². The van der Waals surface area contributed by atoms with Crippen LogP contribution in [0.25, 0.3) is 0 Å². The summed E-state index contributed by atoms with van der Waals surface area (Å²) in [6.45, 7) is 3.90. The third kappa shape index (κ3) is 40.7. The summed E-state index contributed by atoms with van der Waals surface area (Å²) in [5.41, 5.74) is 5.36.